The van der Waals surface area contributed by atoms with Gasteiger partial charge in [0, 0.05) is 6.54 Å². The van der Waals surface area contributed by atoms with Crippen LogP contribution in [-0.2, 0) is 4.79 Å². The normalized spacial score (nSPS) is 22.8. The van der Waals surface area contributed by atoms with Crippen LogP contribution >= 0.6 is 0 Å². The third-order valence-electron chi connectivity index (χ3n) is 1.48. The second-order valence-corrected chi connectivity index (χ2v) is 2.18. The van der Waals surface area contributed by atoms with Crippen molar-refractivity contribution in [2.24, 2.45) is 0 Å². The molecule has 1 rings (SSSR count). The Morgan fingerprint density at radius 1 is 1.50 bits per heavy atom. The van der Waals surface area contributed by atoms with Gasteiger partial charge < -0.3 is 15.5 Å². The largest absolute Gasteiger partial charge is 0.502 e. The van der Waals surface area contributed by atoms with E-state index >= 15 is 0 Å². The lowest BCUT2D eigenvalue weighted by molar-refractivity contribution is -0.135. The molecular weight excluding hydrogens is 134 g/mol. The van der Waals surface area contributed by atoms with E-state index in [4.69, 9.17) is 10.2 Å². The zero-order valence-electron chi connectivity index (χ0n) is 5.42. The molecule has 0 aromatic rings. The van der Waals surface area contributed by atoms with E-state index in [-0.39, 0.29) is 0 Å². The highest BCUT2D eigenvalue weighted by atomic mass is 16.4. The van der Waals surface area contributed by atoms with Crippen LogP contribution in [0.25, 0.3) is 0 Å². The molecule has 0 unspecified atom stereocenters. The first-order chi connectivity index (χ1) is 4.72. The lowest BCUT2D eigenvalue weighted by atomic mass is 10.2. The van der Waals surface area contributed by atoms with Crippen molar-refractivity contribution in [3.05, 3.63) is 11.3 Å². The second kappa shape index (κ2) is 2.70. The van der Waals surface area contributed by atoms with Crippen molar-refractivity contribution in [1.29, 1.82) is 0 Å². The van der Waals surface area contributed by atoms with E-state index in [1.54, 1.807) is 0 Å². The molecule has 0 radical (unpaired) electrons. The van der Waals surface area contributed by atoms with Crippen LogP contribution in [0.1, 0.15) is 6.42 Å². The number of carbonyl (C=O) groups is 1. The minimum Gasteiger partial charge on any atom is -0.502 e. The third-order valence-corrected chi connectivity index (χ3v) is 1.48. The molecule has 0 bridgehead atoms. The Morgan fingerprint density at radius 2 is 2.20 bits per heavy atom. The molecule has 0 amide bonds. The number of carboxylic acid groups (broad SMARTS) is 1. The van der Waals surface area contributed by atoms with Crippen molar-refractivity contribution < 1.29 is 15.0 Å². The van der Waals surface area contributed by atoms with Crippen LogP contribution in [-0.4, -0.2) is 29.3 Å². The number of aliphatic hydroxyl groups excluding tert-OH is 1. The highest BCUT2D eigenvalue weighted by molar-refractivity contribution is 5.84. The van der Waals surface area contributed by atoms with Crippen LogP contribution in [0.4, 0.5) is 0 Å². The van der Waals surface area contributed by atoms with Gasteiger partial charge in [-0.1, -0.05) is 0 Å². The fourth-order valence-electron chi connectivity index (χ4n) is 0.920. The highest BCUT2D eigenvalue weighted by Gasteiger charge is 2.15. The van der Waals surface area contributed by atoms with Gasteiger partial charge >= 0.3 is 5.97 Å². The summed E-state index contributed by atoms with van der Waals surface area (Å²) in [5, 5.41) is 20.1. The van der Waals surface area contributed by atoms with Gasteiger partial charge in [-0.25, -0.2) is 4.79 Å². The van der Waals surface area contributed by atoms with E-state index in [2.05, 4.69) is 5.32 Å². The van der Waals surface area contributed by atoms with Crippen LogP contribution in [0.2, 0.25) is 0 Å². The van der Waals surface area contributed by atoms with Crippen LogP contribution < -0.4 is 5.32 Å². The molecule has 0 spiro atoms. The van der Waals surface area contributed by atoms with Crippen molar-refractivity contribution in [2.75, 3.05) is 13.1 Å². The van der Waals surface area contributed by atoms with Gasteiger partial charge in [-0.3, -0.25) is 0 Å². The summed E-state index contributed by atoms with van der Waals surface area (Å²) < 4.78 is 0. The van der Waals surface area contributed by atoms with Crippen LogP contribution in [0.3, 0.4) is 0 Å². The number of carboxylic acids is 1. The lowest BCUT2D eigenvalue weighted by Crippen LogP contribution is -2.08. The Balaban J connectivity index is 2.73. The Hall–Kier alpha value is -1.03. The van der Waals surface area contributed by atoms with Gasteiger partial charge in [0.25, 0.3) is 0 Å². The molecule has 1 aliphatic rings. The van der Waals surface area contributed by atoms with Gasteiger partial charge in [0.05, 0.1) is 0 Å². The first-order valence-electron chi connectivity index (χ1n) is 3.07. The molecule has 3 N–H and O–H groups in total. The summed E-state index contributed by atoms with van der Waals surface area (Å²) in [5.74, 6) is -1.73. The first kappa shape index (κ1) is 7.08. The molecule has 56 valence electrons. The number of rotatable bonds is 1. The zero-order chi connectivity index (χ0) is 7.56. The molecule has 4 heteroatoms. The van der Waals surface area contributed by atoms with Crippen LogP contribution in [0.5, 0.6) is 0 Å². The zero-order valence-corrected chi connectivity index (χ0v) is 5.42. The number of aliphatic hydroxyl groups is 1. The summed E-state index contributed by atoms with van der Waals surface area (Å²) in [6, 6.07) is 0. The van der Waals surface area contributed by atoms with Gasteiger partial charge in [-0.05, 0) is 18.5 Å². The molecule has 0 aliphatic carbocycles. The van der Waals surface area contributed by atoms with E-state index in [0.717, 1.165) is 6.54 Å². The molecule has 10 heavy (non-hydrogen) atoms. The molecule has 0 atom stereocenters. The molecule has 4 nitrogen and oxygen atoms in total. The Morgan fingerprint density at radius 3 is 2.60 bits per heavy atom. The smallest absolute Gasteiger partial charge is 0.370 e. The Labute approximate surface area is 58.2 Å². The summed E-state index contributed by atoms with van der Waals surface area (Å²) in [5.41, 5.74) is 0.590. The van der Waals surface area contributed by atoms with E-state index < -0.39 is 11.7 Å². The number of hydrogen-bond acceptors (Lipinski definition) is 3. The molecule has 1 aliphatic heterocycles. The second-order valence-electron chi connectivity index (χ2n) is 2.18. The maximum absolute atomic E-state index is 10.2. The van der Waals surface area contributed by atoms with Gasteiger partial charge in [0.2, 0.25) is 5.76 Å². The van der Waals surface area contributed by atoms with Crippen molar-refractivity contribution in [3.63, 3.8) is 0 Å². The van der Waals surface area contributed by atoms with Crippen molar-refractivity contribution in [1.82, 2.24) is 5.32 Å². The summed E-state index contributed by atoms with van der Waals surface area (Å²) in [6.07, 6.45) is 0.637. The average molecular weight is 143 g/mol. The van der Waals surface area contributed by atoms with Crippen LogP contribution in [0.15, 0.2) is 11.3 Å². The van der Waals surface area contributed by atoms with Crippen LogP contribution in [0, 0.1) is 0 Å². The third kappa shape index (κ3) is 1.27. The van der Waals surface area contributed by atoms with Gasteiger partial charge in [0.1, 0.15) is 0 Å². The molecule has 1 fully saturated rings. The molecule has 1 heterocycles. The van der Waals surface area contributed by atoms with Gasteiger partial charge in [-0.15, -0.1) is 0 Å². The maximum Gasteiger partial charge on any atom is 0.370 e. The molecule has 0 aromatic carbocycles. The Kier molecular flexibility index (Phi) is 1.91. The van der Waals surface area contributed by atoms with Gasteiger partial charge in [0.15, 0.2) is 0 Å². The molecule has 0 aromatic heterocycles. The summed E-state index contributed by atoms with van der Waals surface area (Å²) in [7, 11) is 0. The van der Waals surface area contributed by atoms with Crippen molar-refractivity contribution in [3.8, 4) is 0 Å². The highest BCUT2D eigenvalue weighted by Crippen LogP contribution is 2.09. The summed E-state index contributed by atoms with van der Waals surface area (Å²) in [4.78, 5) is 10.2. The van der Waals surface area contributed by atoms with Gasteiger partial charge in [-0.2, -0.15) is 0 Å². The van der Waals surface area contributed by atoms with E-state index in [9.17, 15) is 4.79 Å². The quantitative estimate of drug-likeness (QED) is 0.353. The fraction of sp³-hybridized carbons (Fsp3) is 0.500. The van der Waals surface area contributed by atoms with Crippen molar-refractivity contribution >= 4 is 5.97 Å². The number of nitrogens with one attached hydrogen (secondary N) is 1. The van der Waals surface area contributed by atoms with E-state index in [1.807, 2.05) is 0 Å². The standard InChI is InChI=1S/C6H9NO3/c8-5(6(9)10)4-1-2-7-3-4/h7-8H,1-3H2,(H,9,10). The minimum absolute atomic E-state index is 0.495. The monoisotopic (exact) mass is 143 g/mol. The Bertz CT molecular complexity index is 177. The fourth-order valence-corrected chi connectivity index (χ4v) is 0.920. The summed E-state index contributed by atoms with van der Waals surface area (Å²) >= 11 is 0. The number of aliphatic carboxylic acids is 1. The van der Waals surface area contributed by atoms with E-state index in [0.29, 0.717) is 18.5 Å². The predicted molar refractivity (Wildman–Crippen MR) is 34.8 cm³/mol. The predicted octanol–water partition coefficient (Wildman–Crippen LogP) is -0.124. The molecule has 1 saturated heterocycles. The molecule has 0 saturated carbocycles. The lowest BCUT2D eigenvalue weighted by Gasteiger charge is -1.95. The summed E-state index contributed by atoms with van der Waals surface area (Å²) in [6.45, 7) is 1.25. The van der Waals surface area contributed by atoms with E-state index in [1.165, 1.54) is 0 Å². The average Bonchev–Trinajstić information content (AvgIpc) is 2.36. The molecular formula is C6H9NO3. The van der Waals surface area contributed by atoms with Crippen molar-refractivity contribution in [2.45, 2.75) is 6.42 Å². The minimum atomic E-state index is -1.24. The maximum atomic E-state index is 10.2. The first-order valence-corrected chi connectivity index (χ1v) is 3.07. The topological polar surface area (TPSA) is 69.6 Å². The number of hydrogen-bond donors (Lipinski definition) is 3. The SMILES string of the molecule is O=C(O)C(O)=C1CCNC1.